The summed E-state index contributed by atoms with van der Waals surface area (Å²) in [6.45, 7) is 2.36. The largest absolute Gasteiger partial charge is 0.0622 e. The normalized spacial score (nSPS) is 19.2. The number of hydrogen-bond acceptors (Lipinski definition) is 0. The van der Waals surface area contributed by atoms with Crippen molar-refractivity contribution in [3.05, 3.63) is 83.4 Å². The molecule has 21 heavy (non-hydrogen) atoms. The zero-order valence-corrected chi connectivity index (χ0v) is 12.6. The van der Waals surface area contributed by atoms with Gasteiger partial charge in [-0.1, -0.05) is 79.7 Å². The van der Waals surface area contributed by atoms with Crippen molar-refractivity contribution in [3.8, 4) is 0 Å². The van der Waals surface area contributed by atoms with Crippen LogP contribution in [0, 0.1) is 5.92 Å². The van der Waals surface area contributed by atoms with Crippen LogP contribution in [0.1, 0.15) is 37.3 Å². The van der Waals surface area contributed by atoms with Gasteiger partial charge < -0.3 is 0 Å². The molecule has 2 aromatic carbocycles. The molecule has 0 aliphatic heterocycles. The van der Waals surface area contributed by atoms with Crippen LogP contribution in [0.25, 0.3) is 11.6 Å². The Kier molecular flexibility index (Phi) is 4.35. The summed E-state index contributed by atoms with van der Waals surface area (Å²) in [5, 5.41) is 0. The maximum atomic E-state index is 2.36. The summed E-state index contributed by atoms with van der Waals surface area (Å²) in [5.41, 5.74) is 5.69. The Bertz CT molecular complexity index is 632. The lowest BCUT2D eigenvalue weighted by Gasteiger charge is -2.23. The van der Waals surface area contributed by atoms with Gasteiger partial charge in [0, 0.05) is 0 Å². The van der Waals surface area contributed by atoms with E-state index in [2.05, 4.69) is 79.7 Å². The van der Waals surface area contributed by atoms with Gasteiger partial charge in [-0.3, -0.25) is 0 Å². The second-order valence-corrected chi connectivity index (χ2v) is 5.96. The van der Waals surface area contributed by atoms with E-state index in [1.165, 1.54) is 41.5 Å². The van der Waals surface area contributed by atoms with Crippen molar-refractivity contribution >= 4 is 11.6 Å². The first-order valence-corrected chi connectivity index (χ1v) is 7.83. The fraction of sp³-hybridized carbons (Fsp3) is 0.238. The number of allylic oxidation sites excluding steroid dienone is 3. The van der Waals surface area contributed by atoms with Gasteiger partial charge in [-0.2, -0.15) is 0 Å². The molecular formula is C21H22. The zero-order valence-electron chi connectivity index (χ0n) is 12.6. The lowest BCUT2D eigenvalue weighted by atomic mass is 9.82. The average Bonchev–Trinajstić information content (AvgIpc) is 2.55. The van der Waals surface area contributed by atoms with E-state index < -0.39 is 0 Å². The van der Waals surface area contributed by atoms with Crippen molar-refractivity contribution in [2.75, 3.05) is 0 Å². The Morgan fingerprint density at radius 1 is 0.857 bits per heavy atom. The molecule has 0 amide bonds. The number of rotatable bonds is 3. The Morgan fingerprint density at radius 3 is 2.24 bits per heavy atom. The molecule has 1 atom stereocenters. The standard InChI is InChI=1S/C21H22/c1-17-12-15-21(19-10-6-3-7-11-19)20(16-17)14-13-18-8-4-2-5-9-18/h2-11,13-14,17H,12,15-16H2,1H3. The lowest BCUT2D eigenvalue weighted by molar-refractivity contribution is 0.523. The third-order valence-electron chi connectivity index (χ3n) is 4.24. The van der Waals surface area contributed by atoms with E-state index in [4.69, 9.17) is 0 Å². The SMILES string of the molecule is CC1CCC(c2ccccc2)=C(C=Cc2ccccc2)C1. The number of hydrogen-bond donors (Lipinski definition) is 0. The van der Waals surface area contributed by atoms with E-state index in [0.717, 1.165) is 5.92 Å². The molecule has 1 unspecified atom stereocenters. The average molecular weight is 274 g/mol. The first-order chi connectivity index (χ1) is 10.3. The predicted molar refractivity (Wildman–Crippen MR) is 91.9 cm³/mol. The molecule has 1 aliphatic rings. The van der Waals surface area contributed by atoms with Crippen molar-refractivity contribution in [3.63, 3.8) is 0 Å². The van der Waals surface area contributed by atoms with Crippen LogP contribution < -0.4 is 0 Å². The molecule has 0 heterocycles. The fourth-order valence-electron chi connectivity index (χ4n) is 3.05. The summed E-state index contributed by atoms with van der Waals surface area (Å²) in [5.74, 6) is 0.785. The summed E-state index contributed by atoms with van der Waals surface area (Å²) < 4.78 is 0. The molecule has 0 bridgehead atoms. The van der Waals surface area contributed by atoms with Crippen molar-refractivity contribution in [1.82, 2.24) is 0 Å². The van der Waals surface area contributed by atoms with Gasteiger partial charge in [0.05, 0.1) is 0 Å². The molecule has 0 saturated heterocycles. The van der Waals surface area contributed by atoms with Gasteiger partial charge in [0.25, 0.3) is 0 Å². The minimum absolute atomic E-state index is 0.785. The highest BCUT2D eigenvalue weighted by molar-refractivity contribution is 5.73. The Labute approximate surface area is 127 Å². The van der Waals surface area contributed by atoms with Crippen molar-refractivity contribution in [2.45, 2.75) is 26.2 Å². The highest BCUT2D eigenvalue weighted by Crippen LogP contribution is 2.36. The van der Waals surface area contributed by atoms with Crippen molar-refractivity contribution in [1.29, 1.82) is 0 Å². The molecule has 0 aromatic heterocycles. The van der Waals surface area contributed by atoms with Gasteiger partial charge in [0.15, 0.2) is 0 Å². The van der Waals surface area contributed by atoms with E-state index >= 15 is 0 Å². The van der Waals surface area contributed by atoms with Gasteiger partial charge in [0.2, 0.25) is 0 Å². The third-order valence-corrected chi connectivity index (χ3v) is 4.24. The molecule has 0 heteroatoms. The topological polar surface area (TPSA) is 0 Å². The van der Waals surface area contributed by atoms with Crippen LogP contribution in [-0.2, 0) is 0 Å². The summed E-state index contributed by atoms with van der Waals surface area (Å²) in [6.07, 6.45) is 8.25. The summed E-state index contributed by atoms with van der Waals surface area (Å²) >= 11 is 0. The highest BCUT2D eigenvalue weighted by atomic mass is 14.2. The zero-order chi connectivity index (χ0) is 14.5. The maximum Gasteiger partial charge on any atom is -0.0222 e. The number of benzene rings is 2. The molecule has 0 N–H and O–H groups in total. The molecule has 0 saturated carbocycles. The minimum atomic E-state index is 0.785. The first kappa shape index (κ1) is 13.9. The van der Waals surface area contributed by atoms with Crippen LogP contribution in [-0.4, -0.2) is 0 Å². The van der Waals surface area contributed by atoms with E-state index in [0.29, 0.717) is 0 Å². The quantitative estimate of drug-likeness (QED) is 0.646. The van der Waals surface area contributed by atoms with Gasteiger partial charge in [0.1, 0.15) is 0 Å². The maximum absolute atomic E-state index is 2.36. The summed E-state index contributed by atoms with van der Waals surface area (Å²) in [6, 6.07) is 21.4. The van der Waals surface area contributed by atoms with Crippen molar-refractivity contribution < 1.29 is 0 Å². The Hall–Kier alpha value is -2.08. The summed E-state index contributed by atoms with van der Waals surface area (Å²) in [4.78, 5) is 0. The predicted octanol–water partition coefficient (Wildman–Crippen LogP) is 5.97. The second kappa shape index (κ2) is 6.58. The fourth-order valence-corrected chi connectivity index (χ4v) is 3.05. The molecule has 2 aromatic rings. The van der Waals surface area contributed by atoms with E-state index in [9.17, 15) is 0 Å². The Morgan fingerprint density at radius 2 is 1.52 bits per heavy atom. The smallest absolute Gasteiger partial charge is 0.0222 e. The van der Waals surface area contributed by atoms with Crippen LogP contribution in [0.3, 0.4) is 0 Å². The van der Waals surface area contributed by atoms with Gasteiger partial charge >= 0.3 is 0 Å². The minimum Gasteiger partial charge on any atom is -0.0622 e. The van der Waals surface area contributed by atoms with Crippen LogP contribution in [0.2, 0.25) is 0 Å². The molecule has 0 radical (unpaired) electrons. The molecular weight excluding hydrogens is 252 g/mol. The third kappa shape index (κ3) is 3.52. The Balaban J connectivity index is 1.94. The monoisotopic (exact) mass is 274 g/mol. The van der Waals surface area contributed by atoms with Gasteiger partial charge in [-0.05, 0) is 47.5 Å². The molecule has 0 fully saturated rings. The van der Waals surface area contributed by atoms with Gasteiger partial charge in [-0.25, -0.2) is 0 Å². The highest BCUT2D eigenvalue weighted by Gasteiger charge is 2.17. The second-order valence-electron chi connectivity index (χ2n) is 5.96. The molecule has 0 spiro atoms. The molecule has 3 rings (SSSR count). The van der Waals surface area contributed by atoms with Gasteiger partial charge in [-0.15, -0.1) is 0 Å². The van der Waals surface area contributed by atoms with E-state index in [1.807, 2.05) is 0 Å². The van der Waals surface area contributed by atoms with Crippen molar-refractivity contribution in [2.24, 2.45) is 5.92 Å². The first-order valence-electron chi connectivity index (χ1n) is 7.83. The van der Waals surface area contributed by atoms with Crippen LogP contribution in [0.4, 0.5) is 0 Å². The molecule has 1 aliphatic carbocycles. The van der Waals surface area contributed by atoms with E-state index in [1.54, 1.807) is 0 Å². The lowest BCUT2D eigenvalue weighted by Crippen LogP contribution is -2.06. The van der Waals surface area contributed by atoms with Crippen LogP contribution in [0.5, 0.6) is 0 Å². The summed E-state index contributed by atoms with van der Waals surface area (Å²) in [7, 11) is 0. The van der Waals surface area contributed by atoms with Crippen LogP contribution >= 0.6 is 0 Å². The molecule has 106 valence electrons. The molecule has 0 nitrogen and oxygen atoms in total. The van der Waals surface area contributed by atoms with Crippen LogP contribution in [0.15, 0.2) is 72.3 Å². The van der Waals surface area contributed by atoms with E-state index in [-0.39, 0.29) is 0 Å².